The zero-order valence-electron chi connectivity index (χ0n) is 11.2. The average Bonchev–Trinajstić information content (AvgIpc) is 2.48. The van der Waals surface area contributed by atoms with Gasteiger partial charge in [-0.2, -0.15) is 0 Å². The van der Waals surface area contributed by atoms with Gasteiger partial charge in [0.2, 0.25) is 0 Å². The Bertz CT molecular complexity index is 655. The number of sulfonamides is 1. The van der Waals surface area contributed by atoms with Crippen LogP contribution in [0.1, 0.15) is 5.56 Å². The smallest absolute Gasteiger partial charge is 0.264 e. The van der Waals surface area contributed by atoms with E-state index in [9.17, 15) is 8.42 Å². The van der Waals surface area contributed by atoms with Gasteiger partial charge in [-0.1, -0.05) is 12.1 Å². The van der Waals surface area contributed by atoms with Crippen LogP contribution in [-0.2, 0) is 16.4 Å². The summed E-state index contributed by atoms with van der Waals surface area (Å²) in [4.78, 5) is 4.14. The van der Waals surface area contributed by atoms with Crippen molar-refractivity contribution in [2.24, 2.45) is 5.73 Å². The average molecular weight is 291 g/mol. The molecule has 2 aromatic rings. The Morgan fingerprint density at radius 1 is 1.10 bits per heavy atom. The number of aromatic nitrogens is 1. The van der Waals surface area contributed by atoms with Crippen LogP contribution in [0.4, 0.5) is 5.69 Å². The van der Waals surface area contributed by atoms with Crippen LogP contribution in [-0.4, -0.2) is 27.0 Å². The van der Waals surface area contributed by atoms with Crippen LogP contribution in [0.2, 0.25) is 0 Å². The number of pyridine rings is 1. The number of hydrogen-bond donors (Lipinski definition) is 1. The van der Waals surface area contributed by atoms with Crippen LogP contribution in [0.15, 0.2) is 53.7 Å². The number of nitrogens with two attached hydrogens (primary N) is 1. The molecule has 6 heteroatoms. The largest absolute Gasteiger partial charge is 0.330 e. The topological polar surface area (TPSA) is 76.3 Å². The van der Waals surface area contributed by atoms with Gasteiger partial charge in [-0.25, -0.2) is 8.42 Å². The molecule has 1 heterocycles. The third kappa shape index (κ3) is 2.97. The highest BCUT2D eigenvalue weighted by Crippen LogP contribution is 2.21. The molecule has 0 radical (unpaired) electrons. The van der Waals surface area contributed by atoms with Crippen LogP contribution in [0.3, 0.4) is 0 Å². The lowest BCUT2D eigenvalue weighted by Gasteiger charge is -2.19. The van der Waals surface area contributed by atoms with Crippen molar-refractivity contribution in [1.29, 1.82) is 0 Å². The van der Waals surface area contributed by atoms with Gasteiger partial charge in [0.05, 0.1) is 10.6 Å². The van der Waals surface area contributed by atoms with E-state index in [1.54, 1.807) is 48.8 Å². The maximum absolute atomic E-state index is 12.5. The Hall–Kier alpha value is -1.92. The van der Waals surface area contributed by atoms with E-state index in [1.807, 2.05) is 0 Å². The highest BCUT2D eigenvalue weighted by Gasteiger charge is 2.20. The molecule has 0 aliphatic rings. The predicted molar refractivity (Wildman–Crippen MR) is 79.0 cm³/mol. The lowest BCUT2D eigenvalue weighted by atomic mass is 10.2. The number of hydrogen-bond acceptors (Lipinski definition) is 4. The third-order valence-electron chi connectivity index (χ3n) is 3.04. The van der Waals surface area contributed by atoms with E-state index >= 15 is 0 Å². The first-order valence-corrected chi connectivity index (χ1v) is 7.67. The molecule has 0 saturated heterocycles. The molecule has 0 fully saturated rings. The summed E-state index contributed by atoms with van der Waals surface area (Å²) in [5, 5.41) is 0. The quantitative estimate of drug-likeness (QED) is 0.903. The fourth-order valence-electron chi connectivity index (χ4n) is 1.85. The molecular weight excluding hydrogens is 274 g/mol. The fourth-order valence-corrected chi connectivity index (χ4v) is 3.04. The van der Waals surface area contributed by atoms with E-state index in [2.05, 4.69) is 4.98 Å². The summed E-state index contributed by atoms with van der Waals surface area (Å²) >= 11 is 0. The molecular formula is C14H17N3O2S. The number of rotatable bonds is 5. The van der Waals surface area contributed by atoms with Gasteiger partial charge in [0.25, 0.3) is 10.0 Å². The molecule has 0 aliphatic carbocycles. The molecule has 0 amide bonds. The molecule has 0 spiro atoms. The molecule has 20 heavy (non-hydrogen) atoms. The van der Waals surface area contributed by atoms with Crippen molar-refractivity contribution in [1.82, 2.24) is 4.98 Å². The minimum Gasteiger partial charge on any atom is -0.330 e. The van der Waals surface area contributed by atoms with Crippen molar-refractivity contribution in [3.8, 4) is 0 Å². The summed E-state index contributed by atoms with van der Waals surface area (Å²) in [5.41, 5.74) is 7.08. The van der Waals surface area contributed by atoms with Gasteiger partial charge in [-0.3, -0.25) is 9.29 Å². The van der Waals surface area contributed by atoms with Crippen molar-refractivity contribution in [2.45, 2.75) is 11.3 Å². The van der Waals surface area contributed by atoms with Crippen molar-refractivity contribution in [3.05, 3.63) is 54.4 Å². The summed E-state index contributed by atoms with van der Waals surface area (Å²) in [6.45, 7) is 0.545. The van der Waals surface area contributed by atoms with Gasteiger partial charge in [0, 0.05) is 19.4 Å². The number of benzene rings is 1. The highest BCUT2D eigenvalue weighted by molar-refractivity contribution is 7.92. The molecule has 2 N–H and O–H groups in total. The van der Waals surface area contributed by atoms with Crippen LogP contribution in [0, 0.1) is 0 Å². The van der Waals surface area contributed by atoms with Crippen molar-refractivity contribution in [2.75, 3.05) is 17.9 Å². The zero-order valence-corrected chi connectivity index (χ0v) is 12.0. The van der Waals surface area contributed by atoms with Crippen LogP contribution >= 0.6 is 0 Å². The Balaban J connectivity index is 2.30. The van der Waals surface area contributed by atoms with E-state index in [0.717, 1.165) is 12.0 Å². The summed E-state index contributed by atoms with van der Waals surface area (Å²) in [6.07, 6.45) is 3.86. The molecule has 0 saturated carbocycles. The molecule has 1 aromatic heterocycles. The van der Waals surface area contributed by atoms with Gasteiger partial charge in [0.15, 0.2) is 0 Å². The molecule has 106 valence electrons. The van der Waals surface area contributed by atoms with Gasteiger partial charge in [-0.05, 0) is 42.8 Å². The highest BCUT2D eigenvalue weighted by atomic mass is 32.2. The second-order valence-electron chi connectivity index (χ2n) is 4.36. The Labute approximate surface area is 119 Å². The standard InChI is InChI=1S/C14H17N3O2S/c1-17(13-7-10-16-11-8-13)20(18,19)14-4-2-12(3-5-14)6-9-15/h2-5,7-8,10-11H,6,9,15H2,1H3. The summed E-state index contributed by atoms with van der Waals surface area (Å²) < 4.78 is 26.2. The molecule has 0 aliphatic heterocycles. The molecule has 0 atom stereocenters. The summed E-state index contributed by atoms with van der Waals surface area (Å²) in [6, 6.07) is 10.1. The number of nitrogens with zero attached hydrogens (tertiary/aromatic N) is 2. The maximum atomic E-state index is 12.5. The first kappa shape index (κ1) is 14.5. The minimum absolute atomic E-state index is 0.262. The third-order valence-corrected chi connectivity index (χ3v) is 4.84. The van der Waals surface area contributed by atoms with Gasteiger partial charge < -0.3 is 5.73 Å². The molecule has 0 bridgehead atoms. The lowest BCUT2D eigenvalue weighted by Crippen LogP contribution is -2.26. The molecule has 1 aromatic carbocycles. The molecule has 0 unspecified atom stereocenters. The monoisotopic (exact) mass is 291 g/mol. The Morgan fingerprint density at radius 2 is 1.70 bits per heavy atom. The predicted octanol–water partition coefficient (Wildman–Crippen LogP) is 1.41. The van der Waals surface area contributed by atoms with Gasteiger partial charge >= 0.3 is 0 Å². The van der Waals surface area contributed by atoms with E-state index in [-0.39, 0.29) is 4.90 Å². The maximum Gasteiger partial charge on any atom is 0.264 e. The lowest BCUT2D eigenvalue weighted by molar-refractivity contribution is 0.594. The Morgan fingerprint density at radius 3 is 2.25 bits per heavy atom. The normalized spacial score (nSPS) is 11.3. The minimum atomic E-state index is -3.55. The second-order valence-corrected chi connectivity index (χ2v) is 6.33. The van der Waals surface area contributed by atoms with Crippen LogP contribution in [0.5, 0.6) is 0 Å². The van der Waals surface area contributed by atoms with E-state index in [1.165, 1.54) is 11.4 Å². The summed E-state index contributed by atoms with van der Waals surface area (Å²) in [7, 11) is -2.02. The second kappa shape index (κ2) is 6.02. The summed E-state index contributed by atoms with van der Waals surface area (Å²) in [5.74, 6) is 0. The fraction of sp³-hybridized carbons (Fsp3) is 0.214. The SMILES string of the molecule is CN(c1ccncc1)S(=O)(=O)c1ccc(CCN)cc1. The first-order chi connectivity index (χ1) is 9.55. The van der Waals surface area contributed by atoms with Gasteiger partial charge in [-0.15, -0.1) is 0 Å². The van der Waals surface area contributed by atoms with E-state index in [0.29, 0.717) is 12.2 Å². The number of anilines is 1. The van der Waals surface area contributed by atoms with Crippen molar-refractivity contribution < 1.29 is 8.42 Å². The van der Waals surface area contributed by atoms with Crippen molar-refractivity contribution in [3.63, 3.8) is 0 Å². The molecule has 2 rings (SSSR count). The first-order valence-electron chi connectivity index (χ1n) is 6.23. The molecule has 5 nitrogen and oxygen atoms in total. The zero-order chi connectivity index (χ0) is 14.6. The van der Waals surface area contributed by atoms with E-state index in [4.69, 9.17) is 5.73 Å². The van der Waals surface area contributed by atoms with Crippen LogP contribution < -0.4 is 10.0 Å². The van der Waals surface area contributed by atoms with E-state index < -0.39 is 10.0 Å². The van der Waals surface area contributed by atoms with Gasteiger partial charge in [0.1, 0.15) is 0 Å². The Kier molecular flexibility index (Phi) is 4.36. The van der Waals surface area contributed by atoms with Crippen LogP contribution in [0.25, 0.3) is 0 Å². The van der Waals surface area contributed by atoms with Crippen molar-refractivity contribution >= 4 is 15.7 Å².